The third-order valence-electron chi connectivity index (χ3n) is 5.58. The fourth-order valence-electron chi connectivity index (χ4n) is 3.62. The number of nitrogens with one attached hydrogen (secondary N) is 1. The number of hydrogen-bond acceptors (Lipinski definition) is 7. The van der Waals surface area contributed by atoms with E-state index >= 15 is 0 Å². The summed E-state index contributed by atoms with van der Waals surface area (Å²) in [5.41, 5.74) is 1.45. The first-order valence-corrected chi connectivity index (χ1v) is 12.3. The smallest absolute Gasteiger partial charge is 0.257 e. The van der Waals surface area contributed by atoms with Crippen LogP contribution in [0.2, 0.25) is 5.02 Å². The van der Waals surface area contributed by atoms with Crippen molar-refractivity contribution in [3.63, 3.8) is 0 Å². The number of rotatable bonds is 6. The number of carbonyl (C=O) groups excluding carboxylic acids is 1. The normalized spacial score (nSPS) is 17.1. The van der Waals surface area contributed by atoms with Gasteiger partial charge in [-0.2, -0.15) is 4.31 Å². The van der Waals surface area contributed by atoms with Gasteiger partial charge in [0.1, 0.15) is 0 Å². The standard InChI is InChI=1S/C21H21ClN6O4S/c22-19-8-7-17(33(30,31)27-9-11-32-12-10-27)13-18(19)21(29)23-15-3-1-14(2-4-15)20-24-25-26-28(20)16-5-6-16/h1-4,7-8,13,16H,5-6,9-12H2,(H,23,29). The van der Waals surface area contributed by atoms with E-state index in [2.05, 4.69) is 20.8 Å². The van der Waals surface area contributed by atoms with Crippen molar-refractivity contribution in [1.82, 2.24) is 24.5 Å². The molecule has 2 aliphatic rings. The average molecular weight is 489 g/mol. The van der Waals surface area contributed by atoms with Crippen molar-refractivity contribution in [2.24, 2.45) is 0 Å². The molecule has 172 valence electrons. The second kappa shape index (κ2) is 8.82. The topological polar surface area (TPSA) is 119 Å². The summed E-state index contributed by atoms with van der Waals surface area (Å²) in [4.78, 5) is 12.9. The monoisotopic (exact) mass is 488 g/mol. The van der Waals surface area contributed by atoms with E-state index in [0.29, 0.717) is 30.8 Å². The van der Waals surface area contributed by atoms with Crippen molar-refractivity contribution in [1.29, 1.82) is 0 Å². The maximum Gasteiger partial charge on any atom is 0.257 e. The van der Waals surface area contributed by atoms with Crippen LogP contribution < -0.4 is 5.32 Å². The van der Waals surface area contributed by atoms with Crippen LogP contribution in [0.3, 0.4) is 0 Å². The van der Waals surface area contributed by atoms with E-state index in [0.717, 1.165) is 18.4 Å². The number of sulfonamides is 1. The average Bonchev–Trinajstić information content (AvgIpc) is 3.56. The fourth-order valence-corrected chi connectivity index (χ4v) is 5.26. The number of hydrogen-bond donors (Lipinski definition) is 1. The molecule has 12 heteroatoms. The molecule has 0 atom stereocenters. The van der Waals surface area contributed by atoms with E-state index in [1.807, 2.05) is 16.8 Å². The van der Waals surface area contributed by atoms with E-state index in [9.17, 15) is 13.2 Å². The van der Waals surface area contributed by atoms with Gasteiger partial charge in [0.15, 0.2) is 5.82 Å². The van der Waals surface area contributed by atoms with Gasteiger partial charge in [0, 0.05) is 24.3 Å². The van der Waals surface area contributed by atoms with Gasteiger partial charge in [0.25, 0.3) is 5.91 Å². The first-order chi connectivity index (χ1) is 15.9. The van der Waals surface area contributed by atoms with Gasteiger partial charge in [-0.25, -0.2) is 13.1 Å². The summed E-state index contributed by atoms with van der Waals surface area (Å²) in [6, 6.07) is 11.6. The highest BCUT2D eigenvalue weighted by Gasteiger charge is 2.29. The number of halogens is 1. The first kappa shape index (κ1) is 22.0. The Morgan fingerprint density at radius 1 is 1.09 bits per heavy atom. The molecule has 1 saturated carbocycles. The highest BCUT2D eigenvalue weighted by molar-refractivity contribution is 7.89. The van der Waals surface area contributed by atoms with Crippen molar-refractivity contribution >= 4 is 33.2 Å². The Morgan fingerprint density at radius 3 is 2.52 bits per heavy atom. The zero-order valence-corrected chi connectivity index (χ0v) is 19.1. The predicted molar refractivity (Wildman–Crippen MR) is 121 cm³/mol. The number of benzene rings is 2. The molecule has 10 nitrogen and oxygen atoms in total. The molecule has 1 N–H and O–H groups in total. The molecule has 0 bridgehead atoms. The number of tetrazole rings is 1. The maximum atomic E-state index is 12.9. The number of nitrogens with zero attached hydrogens (tertiary/aromatic N) is 5. The molecule has 0 radical (unpaired) electrons. The van der Waals surface area contributed by atoms with Crippen LogP contribution in [-0.2, 0) is 14.8 Å². The number of anilines is 1. The zero-order valence-electron chi connectivity index (χ0n) is 17.5. The molecule has 2 aromatic carbocycles. The van der Waals surface area contributed by atoms with Crippen molar-refractivity contribution in [2.45, 2.75) is 23.8 Å². The molecule has 1 aliphatic heterocycles. The second-order valence-electron chi connectivity index (χ2n) is 7.87. The number of carbonyl (C=O) groups is 1. The Balaban J connectivity index is 1.34. The summed E-state index contributed by atoms with van der Waals surface area (Å²) in [5, 5.41) is 14.8. The largest absolute Gasteiger partial charge is 0.379 e. The maximum absolute atomic E-state index is 12.9. The molecule has 0 unspecified atom stereocenters. The lowest BCUT2D eigenvalue weighted by atomic mass is 10.1. The molecule has 2 heterocycles. The molecular weight excluding hydrogens is 468 g/mol. The summed E-state index contributed by atoms with van der Waals surface area (Å²) in [6.07, 6.45) is 2.13. The van der Waals surface area contributed by atoms with Crippen molar-refractivity contribution in [3.8, 4) is 11.4 Å². The van der Waals surface area contributed by atoms with Crippen LogP contribution in [0.1, 0.15) is 29.2 Å². The molecule has 5 rings (SSSR count). The van der Waals surface area contributed by atoms with Gasteiger partial charge in [0.2, 0.25) is 10.0 Å². The zero-order chi connectivity index (χ0) is 23.0. The Labute approximate surface area is 195 Å². The predicted octanol–water partition coefficient (Wildman–Crippen LogP) is 2.60. The van der Waals surface area contributed by atoms with Gasteiger partial charge in [-0.05, 0) is 65.7 Å². The fraction of sp³-hybridized carbons (Fsp3) is 0.333. The molecule has 1 saturated heterocycles. The Bertz CT molecular complexity index is 1280. The lowest BCUT2D eigenvalue weighted by Gasteiger charge is -2.26. The summed E-state index contributed by atoms with van der Waals surface area (Å²) < 4.78 is 34.3. The van der Waals surface area contributed by atoms with Gasteiger partial charge in [-0.15, -0.1) is 5.10 Å². The van der Waals surface area contributed by atoms with Crippen LogP contribution in [0.15, 0.2) is 47.4 Å². The minimum Gasteiger partial charge on any atom is -0.379 e. The second-order valence-corrected chi connectivity index (χ2v) is 10.2. The molecule has 0 spiro atoms. The van der Waals surface area contributed by atoms with Gasteiger partial charge in [-0.3, -0.25) is 4.79 Å². The molecule has 1 aliphatic carbocycles. The lowest BCUT2D eigenvalue weighted by molar-refractivity contribution is 0.0730. The van der Waals surface area contributed by atoms with Crippen LogP contribution in [0.4, 0.5) is 5.69 Å². The van der Waals surface area contributed by atoms with Gasteiger partial charge in [0.05, 0.1) is 34.7 Å². The van der Waals surface area contributed by atoms with Gasteiger partial charge in [-0.1, -0.05) is 11.6 Å². The SMILES string of the molecule is O=C(Nc1ccc(-c2nnnn2C2CC2)cc1)c1cc(S(=O)(=O)N2CCOCC2)ccc1Cl. The van der Waals surface area contributed by atoms with E-state index in [-0.39, 0.29) is 28.6 Å². The molecular formula is C21H21ClN6O4S. The van der Waals surface area contributed by atoms with Crippen LogP contribution in [-0.4, -0.2) is 65.1 Å². The highest BCUT2D eigenvalue weighted by atomic mass is 35.5. The quantitative estimate of drug-likeness (QED) is 0.566. The van der Waals surface area contributed by atoms with Crippen molar-refractivity contribution < 1.29 is 17.9 Å². The Kier molecular flexibility index (Phi) is 5.87. The van der Waals surface area contributed by atoms with Gasteiger partial charge >= 0.3 is 0 Å². The summed E-state index contributed by atoms with van der Waals surface area (Å²) in [5.74, 6) is 0.175. The summed E-state index contributed by atoms with van der Waals surface area (Å²) >= 11 is 6.22. The molecule has 3 aromatic rings. The minimum atomic E-state index is -3.75. The Hall–Kier alpha value is -2.86. The first-order valence-electron chi connectivity index (χ1n) is 10.5. The molecule has 1 aromatic heterocycles. The van der Waals surface area contributed by atoms with E-state index in [1.54, 1.807) is 12.1 Å². The van der Waals surface area contributed by atoms with E-state index in [1.165, 1.54) is 22.5 Å². The molecule has 2 fully saturated rings. The van der Waals surface area contributed by atoms with Crippen LogP contribution in [0.25, 0.3) is 11.4 Å². The van der Waals surface area contributed by atoms with Crippen LogP contribution >= 0.6 is 11.6 Å². The molecule has 1 amide bonds. The van der Waals surface area contributed by atoms with Crippen LogP contribution in [0.5, 0.6) is 0 Å². The highest BCUT2D eigenvalue weighted by Crippen LogP contribution is 2.36. The van der Waals surface area contributed by atoms with Crippen LogP contribution in [0, 0.1) is 0 Å². The number of ether oxygens (including phenoxy) is 1. The summed E-state index contributed by atoms with van der Waals surface area (Å²) in [7, 11) is -3.75. The third-order valence-corrected chi connectivity index (χ3v) is 7.80. The number of amides is 1. The van der Waals surface area contributed by atoms with E-state index in [4.69, 9.17) is 16.3 Å². The Morgan fingerprint density at radius 2 is 1.82 bits per heavy atom. The van der Waals surface area contributed by atoms with Crippen molar-refractivity contribution in [3.05, 3.63) is 53.1 Å². The number of aromatic nitrogens is 4. The van der Waals surface area contributed by atoms with Crippen molar-refractivity contribution in [2.75, 3.05) is 31.6 Å². The molecule has 33 heavy (non-hydrogen) atoms. The summed E-state index contributed by atoms with van der Waals surface area (Å²) in [6.45, 7) is 1.21. The lowest BCUT2D eigenvalue weighted by Crippen LogP contribution is -2.40. The van der Waals surface area contributed by atoms with E-state index < -0.39 is 15.9 Å². The van der Waals surface area contributed by atoms with Gasteiger partial charge < -0.3 is 10.1 Å². The number of morpholine rings is 1. The third kappa shape index (κ3) is 4.49. The minimum absolute atomic E-state index is 0.0150.